The third kappa shape index (κ3) is 3.29. The number of alkyl halides is 3. The number of aryl methyl sites for hydroxylation is 1. The summed E-state index contributed by atoms with van der Waals surface area (Å²) in [6, 6.07) is 2.11. The molecule has 2 heterocycles. The monoisotopic (exact) mass is 346 g/mol. The van der Waals surface area contributed by atoms with Crippen molar-refractivity contribution in [1.29, 1.82) is 0 Å². The van der Waals surface area contributed by atoms with Crippen LogP contribution in [-0.4, -0.2) is 27.5 Å². The molecule has 0 spiro atoms. The minimum atomic E-state index is -4.57. The van der Waals surface area contributed by atoms with Gasteiger partial charge in [0.05, 0.1) is 4.88 Å². The van der Waals surface area contributed by atoms with Crippen LogP contribution in [-0.2, 0) is 11.0 Å². The maximum atomic E-state index is 12.7. The van der Waals surface area contributed by atoms with E-state index in [0.29, 0.717) is 10.9 Å². The van der Waals surface area contributed by atoms with E-state index in [2.05, 4.69) is 10.3 Å². The highest BCUT2D eigenvalue weighted by atomic mass is 32.1. The Hall–Kier alpha value is -2.16. The van der Waals surface area contributed by atoms with Crippen LogP contribution < -0.4 is 5.32 Å². The minimum absolute atomic E-state index is 0.0793. The number of fused-ring (bicyclic) bond motifs is 1. The predicted octanol–water partition coefficient (Wildman–Crippen LogP) is 3.22. The van der Waals surface area contributed by atoms with E-state index in [1.165, 1.54) is 19.9 Å². The maximum Gasteiger partial charge on any atom is 0.433 e. The molecule has 5 nitrogen and oxygen atoms in total. The van der Waals surface area contributed by atoms with Crippen molar-refractivity contribution in [2.75, 3.05) is 0 Å². The molecule has 0 aliphatic carbocycles. The minimum Gasteiger partial charge on any atom is -0.480 e. The Morgan fingerprint density at radius 2 is 1.87 bits per heavy atom. The lowest BCUT2D eigenvalue weighted by Gasteiger charge is -2.20. The average molecular weight is 346 g/mol. The molecule has 9 heteroatoms. The van der Waals surface area contributed by atoms with Crippen LogP contribution in [0.15, 0.2) is 12.1 Å². The van der Waals surface area contributed by atoms with Gasteiger partial charge < -0.3 is 10.4 Å². The van der Waals surface area contributed by atoms with Crippen LogP contribution in [0.25, 0.3) is 10.2 Å². The molecule has 23 heavy (non-hydrogen) atoms. The van der Waals surface area contributed by atoms with Crippen LogP contribution >= 0.6 is 11.3 Å². The average Bonchev–Trinajstić information content (AvgIpc) is 2.74. The van der Waals surface area contributed by atoms with E-state index in [1.807, 2.05) is 0 Å². The van der Waals surface area contributed by atoms with Gasteiger partial charge in [0.25, 0.3) is 5.91 Å². The number of rotatable bonds is 3. The number of carboxylic acid groups (broad SMARTS) is 1. The first-order valence-electron chi connectivity index (χ1n) is 6.46. The first-order valence-corrected chi connectivity index (χ1v) is 7.28. The molecule has 0 atom stereocenters. The number of hydrogen-bond acceptors (Lipinski definition) is 4. The van der Waals surface area contributed by atoms with Crippen molar-refractivity contribution in [2.24, 2.45) is 0 Å². The van der Waals surface area contributed by atoms with Crippen LogP contribution in [0.4, 0.5) is 13.2 Å². The first kappa shape index (κ1) is 17.2. The number of carbonyl (C=O) groups excluding carboxylic acids is 1. The second kappa shape index (κ2) is 5.48. The van der Waals surface area contributed by atoms with E-state index < -0.39 is 29.3 Å². The third-order valence-electron chi connectivity index (χ3n) is 3.26. The number of pyridine rings is 1. The highest BCUT2D eigenvalue weighted by Gasteiger charge is 2.34. The Kier molecular flexibility index (Phi) is 4.10. The summed E-state index contributed by atoms with van der Waals surface area (Å²) in [5.41, 5.74) is -2.07. The van der Waals surface area contributed by atoms with Crippen molar-refractivity contribution < 1.29 is 27.9 Å². The smallest absolute Gasteiger partial charge is 0.433 e. The molecule has 0 bridgehead atoms. The molecule has 0 aromatic carbocycles. The molecule has 2 aromatic rings. The fraction of sp³-hybridized carbons (Fsp3) is 0.357. The molecular formula is C14H13F3N2O3S. The standard InChI is InChI=1S/C14H13F3N2O3S/c1-6-7-4-5-8(14(15,16)17)18-11(7)23-9(6)10(20)19-13(2,3)12(21)22/h4-5H,1-3H3,(H,19,20)(H,21,22). The van der Waals surface area contributed by atoms with Crippen molar-refractivity contribution in [3.8, 4) is 0 Å². The summed E-state index contributed by atoms with van der Waals surface area (Å²) in [6.07, 6.45) is -4.57. The summed E-state index contributed by atoms with van der Waals surface area (Å²) in [5, 5.41) is 11.8. The Bertz CT molecular complexity index is 796. The molecule has 0 aliphatic heterocycles. The lowest BCUT2D eigenvalue weighted by atomic mass is 10.1. The maximum absolute atomic E-state index is 12.7. The number of carboxylic acids is 1. The van der Waals surface area contributed by atoms with Gasteiger partial charge in [-0.15, -0.1) is 11.3 Å². The lowest BCUT2D eigenvalue weighted by Crippen LogP contribution is -2.49. The van der Waals surface area contributed by atoms with Gasteiger partial charge in [0, 0.05) is 5.39 Å². The molecule has 0 radical (unpaired) electrons. The van der Waals surface area contributed by atoms with Gasteiger partial charge in [-0.3, -0.25) is 4.79 Å². The molecule has 2 N–H and O–H groups in total. The number of aliphatic carboxylic acids is 1. The van der Waals surface area contributed by atoms with Crippen molar-refractivity contribution in [1.82, 2.24) is 10.3 Å². The molecule has 124 valence electrons. The van der Waals surface area contributed by atoms with Crippen LogP contribution in [0.2, 0.25) is 0 Å². The Balaban J connectivity index is 2.44. The molecule has 0 aliphatic rings. The highest BCUT2D eigenvalue weighted by Crippen LogP contribution is 2.34. The second-order valence-electron chi connectivity index (χ2n) is 5.49. The summed E-state index contributed by atoms with van der Waals surface area (Å²) < 4.78 is 38.1. The van der Waals surface area contributed by atoms with Gasteiger partial charge in [-0.2, -0.15) is 13.2 Å². The van der Waals surface area contributed by atoms with E-state index in [1.54, 1.807) is 6.92 Å². The van der Waals surface area contributed by atoms with Gasteiger partial charge in [0.2, 0.25) is 0 Å². The number of halogens is 3. The summed E-state index contributed by atoms with van der Waals surface area (Å²) >= 11 is 0.799. The van der Waals surface area contributed by atoms with Crippen LogP contribution in [0.5, 0.6) is 0 Å². The topological polar surface area (TPSA) is 79.3 Å². The summed E-state index contributed by atoms with van der Waals surface area (Å²) in [6.45, 7) is 4.21. The summed E-state index contributed by atoms with van der Waals surface area (Å²) in [5.74, 6) is -1.88. The van der Waals surface area contributed by atoms with E-state index in [4.69, 9.17) is 5.11 Å². The number of hydrogen-bond donors (Lipinski definition) is 2. The second-order valence-corrected chi connectivity index (χ2v) is 6.49. The lowest BCUT2D eigenvalue weighted by molar-refractivity contribution is -0.143. The quantitative estimate of drug-likeness (QED) is 0.894. The molecule has 1 amide bonds. The number of nitrogens with one attached hydrogen (secondary N) is 1. The molecule has 0 saturated carbocycles. The molecular weight excluding hydrogens is 333 g/mol. The van der Waals surface area contributed by atoms with E-state index in [9.17, 15) is 22.8 Å². The number of carbonyl (C=O) groups is 2. The van der Waals surface area contributed by atoms with E-state index in [-0.39, 0.29) is 9.71 Å². The van der Waals surface area contributed by atoms with Crippen molar-refractivity contribution >= 4 is 33.4 Å². The molecule has 0 fully saturated rings. The Morgan fingerprint density at radius 3 is 2.39 bits per heavy atom. The molecule has 2 rings (SSSR count). The zero-order valence-electron chi connectivity index (χ0n) is 12.4. The molecule has 2 aromatic heterocycles. The van der Waals surface area contributed by atoms with Gasteiger partial charge in [0.15, 0.2) is 0 Å². The predicted molar refractivity (Wildman–Crippen MR) is 78.5 cm³/mol. The highest BCUT2D eigenvalue weighted by molar-refractivity contribution is 7.20. The first-order chi connectivity index (χ1) is 10.4. The van der Waals surface area contributed by atoms with Gasteiger partial charge in [-0.25, -0.2) is 9.78 Å². The van der Waals surface area contributed by atoms with Crippen molar-refractivity contribution in [3.63, 3.8) is 0 Å². The number of amides is 1. The summed E-state index contributed by atoms with van der Waals surface area (Å²) in [4.78, 5) is 27.0. The molecule has 0 unspecified atom stereocenters. The van der Waals surface area contributed by atoms with Gasteiger partial charge >= 0.3 is 12.1 Å². The zero-order valence-corrected chi connectivity index (χ0v) is 13.2. The van der Waals surface area contributed by atoms with E-state index in [0.717, 1.165) is 17.4 Å². The van der Waals surface area contributed by atoms with Gasteiger partial charge in [-0.05, 0) is 38.5 Å². The SMILES string of the molecule is Cc1c(C(=O)NC(C)(C)C(=O)O)sc2nc(C(F)(F)F)ccc12. The van der Waals surface area contributed by atoms with Gasteiger partial charge in [0.1, 0.15) is 16.1 Å². The molecule has 0 saturated heterocycles. The fourth-order valence-electron chi connectivity index (χ4n) is 1.87. The largest absolute Gasteiger partial charge is 0.480 e. The van der Waals surface area contributed by atoms with Gasteiger partial charge in [-0.1, -0.05) is 0 Å². The van der Waals surface area contributed by atoms with Crippen LogP contribution in [0, 0.1) is 6.92 Å². The van der Waals surface area contributed by atoms with Crippen molar-refractivity contribution in [3.05, 3.63) is 28.3 Å². The van der Waals surface area contributed by atoms with Crippen LogP contribution in [0.1, 0.15) is 34.8 Å². The van der Waals surface area contributed by atoms with Crippen molar-refractivity contribution in [2.45, 2.75) is 32.5 Å². The Morgan fingerprint density at radius 1 is 1.26 bits per heavy atom. The number of nitrogens with zero attached hydrogens (tertiary/aromatic N) is 1. The number of aromatic nitrogens is 1. The fourth-order valence-corrected chi connectivity index (χ4v) is 2.94. The zero-order chi connectivity index (χ0) is 17.6. The number of thiophene rings is 1. The normalized spacial score (nSPS) is 12.4. The summed E-state index contributed by atoms with van der Waals surface area (Å²) in [7, 11) is 0. The Labute approximate surface area is 133 Å². The van der Waals surface area contributed by atoms with E-state index >= 15 is 0 Å². The van der Waals surface area contributed by atoms with Crippen LogP contribution in [0.3, 0.4) is 0 Å². The third-order valence-corrected chi connectivity index (χ3v) is 4.46.